The standard InChI is InChI=1S/C13H16FN3S/c1-8-5-16-13(18-8)10(3)17-9(2)11-4-12(14)7-15-6-11/h4-7,9-10,17H,1-3H3. The van der Waals surface area contributed by atoms with Gasteiger partial charge in [0.2, 0.25) is 0 Å². The normalized spacial score (nSPS) is 14.4. The van der Waals surface area contributed by atoms with Crippen LogP contribution in [0.5, 0.6) is 0 Å². The highest BCUT2D eigenvalue weighted by atomic mass is 32.1. The van der Waals surface area contributed by atoms with Gasteiger partial charge < -0.3 is 5.32 Å². The minimum Gasteiger partial charge on any atom is -0.301 e. The number of rotatable bonds is 4. The zero-order chi connectivity index (χ0) is 13.1. The predicted molar refractivity (Wildman–Crippen MR) is 71.0 cm³/mol. The molecule has 0 aliphatic heterocycles. The van der Waals surface area contributed by atoms with E-state index in [1.165, 1.54) is 17.1 Å². The minimum atomic E-state index is -0.307. The molecule has 18 heavy (non-hydrogen) atoms. The van der Waals surface area contributed by atoms with Crippen molar-refractivity contribution in [2.24, 2.45) is 0 Å². The van der Waals surface area contributed by atoms with Crippen LogP contribution in [0.2, 0.25) is 0 Å². The van der Waals surface area contributed by atoms with E-state index in [1.807, 2.05) is 20.0 Å². The molecule has 2 atom stereocenters. The molecule has 0 aliphatic carbocycles. The van der Waals surface area contributed by atoms with Crippen molar-refractivity contribution in [1.29, 1.82) is 0 Å². The molecule has 3 nitrogen and oxygen atoms in total. The summed E-state index contributed by atoms with van der Waals surface area (Å²) in [6.45, 7) is 6.09. The molecule has 5 heteroatoms. The Hall–Kier alpha value is -1.33. The quantitative estimate of drug-likeness (QED) is 0.920. The van der Waals surface area contributed by atoms with Crippen molar-refractivity contribution < 1.29 is 4.39 Å². The third-order valence-electron chi connectivity index (χ3n) is 2.74. The number of aryl methyl sites for hydroxylation is 1. The Morgan fingerprint density at radius 3 is 2.61 bits per heavy atom. The minimum absolute atomic E-state index is 0.0346. The summed E-state index contributed by atoms with van der Waals surface area (Å²) in [6.07, 6.45) is 4.76. The van der Waals surface area contributed by atoms with Gasteiger partial charge in [-0.1, -0.05) is 0 Å². The highest BCUT2D eigenvalue weighted by Gasteiger charge is 2.14. The molecule has 0 bridgehead atoms. The lowest BCUT2D eigenvalue weighted by Gasteiger charge is -2.18. The summed E-state index contributed by atoms with van der Waals surface area (Å²) in [4.78, 5) is 9.40. The van der Waals surface area contributed by atoms with Gasteiger partial charge >= 0.3 is 0 Å². The maximum absolute atomic E-state index is 13.1. The molecule has 0 saturated heterocycles. The van der Waals surface area contributed by atoms with E-state index in [1.54, 1.807) is 17.5 Å². The molecule has 0 saturated carbocycles. The first kappa shape index (κ1) is 13.1. The van der Waals surface area contributed by atoms with Crippen LogP contribution in [0.15, 0.2) is 24.7 Å². The second-order valence-corrected chi connectivity index (χ2v) is 5.62. The van der Waals surface area contributed by atoms with Gasteiger partial charge in [-0.05, 0) is 32.4 Å². The second-order valence-electron chi connectivity index (χ2n) is 4.36. The second kappa shape index (κ2) is 5.54. The highest BCUT2D eigenvalue weighted by Crippen LogP contribution is 2.22. The number of aromatic nitrogens is 2. The smallest absolute Gasteiger partial charge is 0.141 e. The number of hydrogen-bond donors (Lipinski definition) is 1. The Balaban J connectivity index is 2.05. The molecule has 2 aromatic heterocycles. The first-order chi connectivity index (χ1) is 8.56. The monoisotopic (exact) mass is 265 g/mol. The van der Waals surface area contributed by atoms with Gasteiger partial charge in [-0.2, -0.15) is 0 Å². The van der Waals surface area contributed by atoms with E-state index in [-0.39, 0.29) is 17.9 Å². The van der Waals surface area contributed by atoms with Gasteiger partial charge in [-0.15, -0.1) is 11.3 Å². The van der Waals surface area contributed by atoms with Crippen LogP contribution in [0.3, 0.4) is 0 Å². The molecule has 0 spiro atoms. The van der Waals surface area contributed by atoms with E-state index in [9.17, 15) is 4.39 Å². The number of thiazole rings is 1. The largest absolute Gasteiger partial charge is 0.301 e. The topological polar surface area (TPSA) is 37.8 Å². The van der Waals surface area contributed by atoms with Crippen LogP contribution < -0.4 is 5.32 Å². The molecule has 0 radical (unpaired) electrons. The molecule has 2 rings (SSSR count). The van der Waals surface area contributed by atoms with Gasteiger partial charge in [0, 0.05) is 23.3 Å². The van der Waals surface area contributed by atoms with Crippen molar-refractivity contribution in [1.82, 2.24) is 15.3 Å². The number of nitrogens with zero attached hydrogens (tertiary/aromatic N) is 2. The average Bonchev–Trinajstić information content (AvgIpc) is 2.76. The lowest BCUT2D eigenvalue weighted by molar-refractivity contribution is 0.489. The molecule has 0 amide bonds. The van der Waals surface area contributed by atoms with E-state index in [0.29, 0.717) is 0 Å². The third kappa shape index (κ3) is 3.11. The van der Waals surface area contributed by atoms with Crippen LogP contribution in [0.4, 0.5) is 4.39 Å². The van der Waals surface area contributed by atoms with Crippen molar-refractivity contribution in [2.75, 3.05) is 0 Å². The zero-order valence-electron chi connectivity index (χ0n) is 10.6. The molecule has 0 fully saturated rings. The number of pyridine rings is 1. The summed E-state index contributed by atoms with van der Waals surface area (Å²) in [5.41, 5.74) is 0.843. The van der Waals surface area contributed by atoms with E-state index in [0.717, 1.165) is 10.6 Å². The van der Waals surface area contributed by atoms with E-state index < -0.39 is 0 Å². The molecule has 0 aromatic carbocycles. The van der Waals surface area contributed by atoms with Gasteiger partial charge in [-0.3, -0.25) is 4.98 Å². The Bertz CT molecular complexity index is 526. The Labute approximate surface area is 110 Å². The molecule has 96 valence electrons. The van der Waals surface area contributed by atoms with Gasteiger partial charge in [0.15, 0.2) is 0 Å². The number of nitrogens with one attached hydrogen (secondary N) is 1. The third-order valence-corrected chi connectivity index (χ3v) is 3.83. The molecule has 2 heterocycles. The first-order valence-corrected chi connectivity index (χ1v) is 6.66. The summed E-state index contributed by atoms with van der Waals surface area (Å²) in [7, 11) is 0. The Morgan fingerprint density at radius 1 is 1.22 bits per heavy atom. The highest BCUT2D eigenvalue weighted by molar-refractivity contribution is 7.11. The predicted octanol–water partition coefficient (Wildman–Crippen LogP) is 3.40. The van der Waals surface area contributed by atoms with Crippen LogP contribution >= 0.6 is 11.3 Å². The molecule has 0 aliphatic rings. The van der Waals surface area contributed by atoms with Crippen molar-refractivity contribution in [3.8, 4) is 0 Å². The van der Waals surface area contributed by atoms with Crippen molar-refractivity contribution in [2.45, 2.75) is 32.9 Å². The van der Waals surface area contributed by atoms with E-state index in [4.69, 9.17) is 0 Å². The first-order valence-electron chi connectivity index (χ1n) is 5.85. The van der Waals surface area contributed by atoms with Crippen LogP contribution in [0.1, 0.15) is 41.4 Å². The van der Waals surface area contributed by atoms with Crippen LogP contribution in [0, 0.1) is 12.7 Å². The van der Waals surface area contributed by atoms with Gasteiger partial charge in [-0.25, -0.2) is 9.37 Å². The SMILES string of the molecule is Cc1cnc(C(C)NC(C)c2cncc(F)c2)s1. The van der Waals surface area contributed by atoms with Crippen molar-refractivity contribution >= 4 is 11.3 Å². The van der Waals surface area contributed by atoms with Gasteiger partial charge in [0.25, 0.3) is 0 Å². The summed E-state index contributed by atoms with van der Waals surface area (Å²) >= 11 is 1.67. The summed E-state index contributed by atoms with van der Waals surface area (Å²) in [5, 5.41) is 4.44. The van der Waals surface area contributed by atoms with Gasteiger partial charge in [0.1, 0.15) is 10.8 Å². The molecule has 2 aromatic rings. The Morgan fingerprint density at radius 2 is 2.00 bits per heavy atom. The maximum atomic E-state index is 13.1. The lowest BCUT2D eigenvalue weighted by atomic mass is 10.1. The van der Waals surface area contributed by atoms with E-state index >= 15 is 0 Å². The van der Waals surface area contributed by atoms with Crippen molar-refractivity contribution in [3.05, 3.63) is 45.9 Å². The number of halogens is 1. The fourth-order valence-electron chi connectivity index (χ4n) is 1.78. The Kier molecular flexibility index (Phi) is 4.04. The number of hydrogen-bond acceptors (Lipinski definition) is 4. The lowest BCUT2D eigenvalue weighted by Crippen LogP contribution is -2.22. The average molecular weight is 265 g/mol. The fourth-order valence-corrected chi connectivity index (χ4v) is 2.57. The molecular formula is C13H16FN3S. The summed E-state index contributed by atoms with van der Waals surface area (Å²) in [6, 6.07) is 1.68. The van der Waals surface area contributed by atoms with Gasteiger partial charge in [0.05, 0.1) is 12.2 Å². The molecule has 1 N–H and O–H groups in total. The maximum Gasteiger partial charge on any atom is 0.141 e. The van der Waals surface area contributed by atoms with E-state index in [2.05, 4.69) is 22.2 Å². The zero-order valence-corrected chi connectivity index (χ0v) is 11.5. The summed E-state index contributed by atoms with van der Waals surface area (Å²) < 4.78 is 13.1. The fraction of sp³-hybridized carbons (Fsp3) is 0.385. The van der Waals surface area contributed by atoms with Crippen molar-refractivity contribution in [3.63, 3.8) is 0 Å². The summed E-state index contributed by atoms with van der Waals surface area (Å²) in [5.74, 6) is -0.307. The van der Waals surface area contributed by atoms with Crippen LogP contribution in [0.25, 0.3) is 0 Å². The molecule has 2 unspecified atom stereocenters. The van der Waals surface area contributed by atoms with Crippen LogP contribution in [-0.4, -0.2) is 9.97 Å². The van der Waals surface area contributed by atoms with Crippen LogP contribution in [-0.2, 0) is 0 Å². The molecular weight excluding hydrogens is 249 g/mol.